The third-order valence-electron chi connectivity index (χ3n) is 11.2. The molecule has 3 saturated carbocycles. The summed E-state index contributed by atoms with van der Waals surface area (Å²) in [4.78, 5) is 13.0. The number of hydrogen-bond donors (Lipinski definition) is 1. The second-order valence-corrected chi connectivity index (χ2v) is 12.5. The number of rotatable bonds is 2. The standard InChI is InChI=1S/C30H43NO4/c1-28-15-17-33-27(32)26(20-21-6-4-3-5-7-21)31-16-12-22(28)8-9-23-24(28)10-13-29(2)25(23)11-14-30(29)34-18-19-35-30/h3-7,22-26,31H,8-20H2,1-2H3. The van der Waals surface area contributed by atoms with E-state index in [-0.39, 0.29) is 28.6 Å². The van der Waals surface area contributed by atoms with Crippen LogP contribution in [0.1, 0.15) is 70.8 Å². The summed E-state index contributed by atoms with van der Waals surface area (Å²) in [5.41, 5.74) is 1.55. The van der Waals surface area contributed by atoms with E-state index < -0.39 is 0 Å². The molecule has 0 aromatic heterocycles. The SMILES string of the molecule is CC12CCOC(=O)C(Cc3ccccc3)NCCC1CCC1C2CCC2(C)C1CCC21OCCO1. The number of benzene rings is 1. The molecule has 1 aromatic rings. The van der Waals surface area contributed by atoms with Crippen LogP contribution in [0, 0.1) is 34.5 Å². The third-order valence-corrected chi connectivity index (χ3v) is 11.2. The van der Waals surface area contributed by atoms with Crippen LogP contribution < -0.4 is 5.32 Å². The summed E-state index contributed by atoms with van der Waals surface area (Å²) < 4.78 is 18.6. The first-order chi connectivity index (χ1) is 17.0. The number of carbonyl (C=O) groups excluding carboxylic acids is 1. The fraction of sp³-hybridized carbons (Fsp3) is 0.767. The van der Waals surface area contributed by atoms with Gasteiger partial charge >= 0.3 is 5.97 Å². The summed E-state index contributed by atoms with van der Waals surface area (Å²) in [7, 11) is 0. The number of cyclic esters (lactones) is 1. The maximum atomic E-state index is 13.0. The fourth-order valence-corrected chi connectivity index (χ4v) is 9.28. The summed E-state index contributed by atoms with van der Waals surface area (Å²) in [6.45, 7) is 7.92. The predicted molar refractivity (Wildman–Crippen MR) is 135 cm³/mol. The quantitative estimate of drug-likeness (QED) is 0.594. The molecule has 2 aliphatic heterocycles. The van der Waals surface area contributed by atoms with Crippen molar-refractivity contribution in [2.45, 2.75) is 83.5 Å². The molecule has 7 unspecified atom stereocenters. The van der Waals surface area contributed by atoms with Crippen LogP contribution in [0.4, 0.5) is 0 Å². The molecule has 6 rings (SSSR count). The lowest BCUT2D eigenvalue weighted by atomic mass is 9.46. The molecule has 7 atom stereocenters. The molecule has 5 aliphatic rings. The Hall–Kier alpha value is -1.43. The zero-order valence-electron chi connectivity index (χ0n) is 21.6. The van der Waals surface area contributed by atoms with Crippen molar-refractivity contribution < 1.29 is 19.0 Å². The molecular weight excluding hydrogens is 438 g/mol. The topological polar surface area (TPSA) is 56.8 Å². The number of hydrogen-bond acceptors (Lipinski definition) is 5. The predicted octanol–water partition coefficient (Wildman–Crippen LogP) is 5.13. The van der Waals surface area contributed by atoms with Gasteiger partial charge in [0.05, 0.1) is 19.8 Å². The lowest BCUT2D eigenvalue weighted by molar-refractivity contribution is -0.246. The molecular formula is C30H43NO4. The smallest absolute Gasteiger partial charge is 0.323 e. The van der Waals surface area contributed by atoms with Gasteiger partial charge in [0.1, 0.15) is 6.04 Å². The zero-order chi connectivity index (χ0) is 24.1. The highest BCUT2D eigenvalue weighted by molar-refractivity contribution is 5.76. The molecule has 0 radical (unpaired) electrons. The van der Waals surface area contributed by atoms with Crippen LogP contribution in [0.3, 0.4) is 0 Å². The molecule has 3 aliphatic carbocycles. The van der Waals surface area contributed by atoms with Crippen molar-refractivity contribution in [3.8, 4) is 0 Å². The van der Waals surface area contributed by atoms with Gasteiger partial charge in [0.2, 0.25) is 0 Å². The van der Waals surface area contributed by atoms with E-state index in [0.29, 0.717) is 30.8 Å². The maximum Gasteiger partial charge on any atom is 0.323 e. The first-order valence-corrected chi connectivity index (χ1v) is 14.2. The van der Waals surface area contributed by atoms with Crippen molar-refractivity contribution in [3.05, 3.63) is 35.9 Å². The van der Waals surface area contributed by atoms with Gasteiger partial charge in [-0.25, -0.2) is 0 Å². The lowest BCUT2D eigenvalue weighted by Crippen LogP contribution is -2.56. The van der Waals surface area contributed by atoms with E-state index in [1.165, 1.54) is 37.7 Å². The lowest BCUT2D eigenvalue weighted by Gasteiger charge is -2.60. The Morgan fingerprint density at radius 2 is 1.66 bits per heavy atom. The number of nitrogens with one attached hydrogen (secondary N) is 1. The normalized spacial score (nSPS) is 43.1. The molecule has 35 heavy (non-hydrogen) atoms. The Morgan fingerprint density at radius 1 is 0.886 bits per heavy atom. The van der Waals surface area contributed by atoms with Crippen molar-refractivity contribution in [2.75, 3.05) is 26.4 Å². The minimum Gasteiger partial charge on any atom is -0.464 e. The molecule has 5 fully saturated rings. The van der Waals surface area contributed by atoms with Gasteiger partial charge in [-0.1, -0.05) is 44.2 Å². The first kappa shape index (κ1) is 23.9. The van der Waals surface area contributed by atoms with E-state index in [1.54, 1.807) is 0 Å². The minimum absolute atomic E-state index is 0.0900. The summed E-state index contributed by atoms with van der Waals surface area (Å²) in [5.74, 6) is 2.39. The van der Waals surface area contributed by atoms with Gasteiger partial charge in [0.25, 0.3) is 0 Å². The highest BCUT2D eigenvalue weighted by Gasteiger charge is 2.66. The van der Waals surface area contributed by atoms with Crippen LogP contribution in [-0.2, 0) is 25.4 Å². The van der Waals surface area contributed by atoms with Crippen molar-refractivity contribution in [1.29, 1.82) is 0 Å². The van der Waals surface area contributed by atoms with Gasteiger partial charge in [0.15, 0.2) is 5.79 Å². The van der Waals surface area contributed by atoms with E-state index in [1.807, 2.05) is 18.2 Å². The van der Waals surface area contributed by atoms with Gasteiger partial charge in [-0.05, 0) is 92.6 Å². The van der Waals surface area contributed by atoms with Crippen LogP contribution in [0.2, 0.25) is 0 Å². The Kier molecular flexibility index (Phi) is 6.26. The maximum absolute atomic E-state index is 13.0. The highest BCUT2D eigenvalue weighted by atomic mass is 16.7. The molecule has 1 spiro atoms. The van der Waals surface area contributed by atoms with E-state index >= 15 is 0 Å². The summed E-state index contributed by atoms with van der Waals surface area (Å²) in [6, 6.07) is 10.0. The second-order valence-electron chi connectivity index (χ2n) is 12.5. The van der Waals surface area contributed by atoms with E-state index in [0.717, 1.165) is 44.9 Å². The Bertz CT molecular complexity index is 914. The van der Waals surface area contributed by atoms with Crippen molar-refractivity contribution >= 4 is 5.97 Å². The summed E-state index contributed by atoms with van der Waals surface area (Å²) in [6.07, 6.45) is 10.2. The second kappa shape index (κ2) is 9.15. The third kappa shape index (κ3) is 3.88. The molecule has 5 nitrogen and oxygen atoms in total. The Balaban J connectivity index is 1.18. The minimum atomic E-state index is -0.329. The molecule has 2 heterocycles. The molecule has 0 amide bonds. The molecule has 0 bridgehead atoms. The monoisotopic (exact) mass is 481 g/mol. The van der Waals surface area contributed by atoms with E-state index in [4.69, 9.17) is 14.2 Å². The Morgan fingerprint density at radius 3 is 2.46 bits per heavy atom. The van der Waals surface area contributed by atoms with Gasteiger partial charge in [-0.2, -0.15) is 0 Å². The van der Waals surface area contributed by atoms with Crippen LogP contribution >= 0.6 is 0 Å². The van der Waals surface area contributed by atoms with Gasteiger partial charge in [-0.3, -0.25) is 4.79 Å². The van der Waals surface area contributed by atoms with Crippen LogP contribution in [0.15, 0.2) is 30.3 Å². The van der Waals surface area contributed by atoms with E-state index in [2.05, 4.69) is 31.3 Å². The van der Waals surface area contributed by atoms with Gasteiger partial charge < -0.3 is 19.5 Å². The number of fused-ring (bicyclic) bond motifs is 6. The number of esters is 1. The first-order valence-electron chi connectivity index (χ1n) is 14.2. The Labute approximate surface area is 210 Å². The van der Waals surface area contributed by atoms with Gasteiger partial charge in [0, 0.05) is 11.8 Å². The summed E-state index contributed by atoms with van der Waals surface area (Å²) in [5, 5.41) is 3.58. The van der Waals surface area contributed by atoms with Crippen LogP contribution in [-0.4, -0.2) is 44.2 Å². The summed E-state index contributed by atoms with van der Waals surface area (Å²) >= 11 is 0. The number of ether oxygens (including phenoxy) is 3. The van der Waals surface area contributed by atoms with E-state index in [9.17, 15) is 4.79 Å². The van der Waals surface area contributed by atoms with Crippen LogP contribution in [0.5, 0.6) is 0 Å². The largest absolute Gasteiger partial charge is 0.464 e. The highest BCUT2D eigenvalue weighted by Crippen LogP contribution is 2.68. The zero-order valence-corrected chi connectivity index (χ0v) is 21.6. The van der Waals surface area contributed by atoms with Crippen LogP contribution in [0.25, 0.3) is 0 Å². The fourth-order valence-electron chi connectivity index (χ4n) is 9.28. The number of carbonyl (C=O) groups is 1. The van der Waals surface area contributed by atoms with Crippen molar-refractivity contribution in [1.82, 2.24) is 5.32 Å². The molecule has 192 valence electrons. The molecule has 2 saturated heterocycles. The average Bonchev–Trinajstić information content (AvgIpc) is 3.46. The molecule has 1 aromatic carbocycles. The van der Waals surface area contributed by atoms with Crippen molar-refractivity contribution in [3.63, 3.8) is 0 Å². The van der Waals surface area contributed by atoms with Gasteiger partial charge in [-0.15, -0.1) is 0 Å². The molecule has 5 heteroatoms. The van der Waals surface area contributed by atoms with Crippen molar-refractivity contribution in [2.24, 2.45) is 34.5 Å². The molecule has 1 N–H and O–H groups in total. The average molecular weight is 482 g/mol.